The Balaban J connectivity index is 2.01. The number of hydrogen-bond acceptors (Lipinski definition) is 5. The number of hydrogen-bond donors (Lipinski definition) is 2. The molecule has 1 fully saturated rings. The van der Waals surface area contributed by atoms with Crippen molar-refractivity contribution in [1.82, 2.24) is 10.4 Å². The number of rotatable bonds is 5. The van der Waals surface area contributed by atoms with Crippen LogP contribution in [-0.2, 0) is 9.63 Å². The molecule has 1 aliphatic heterocycles. The minimum Gasteiger partial charge on any atom is -0.396 e. The van der Waals surface area contributed by atoms with Crippen LogP contribution in [0.4, 0.5) is 0 Å². The summed E-state index contributed by atoms with van der Waals surface area (Å²) in [7, 11) is 0. The van der Waals surface area contributed by atoms with Crippen molar-refractivity contribution in [2.24, 2.45) is 0 Å². The lowest BCUT2D eigenvalue weighted by Gasteiger charge is -2.33. The molecule has 1 aromatic carbocycles. The summed E-state index contributed by atoms with van der Waals surface area (Å²) < 4.78 is 0. The van der Waals surface area contributed by atoms with Gasteiger partial charge in [0.2, 0.25) is 5.91 Å². The van der Waals surface area contributed by atoms with Gasteiger partial charge < -0.3 is 15.3 Å². The molecule has 1 unspecified atom stereocenters. The molecule has 1 heterocycles. The van der Waals surface area contributed by atoms with Gasteiger partial charge in [0.15, 0.2) is 0 Å². The maximum Gasteiger partial charge on any atom is 0.357 e. The second-order valence-electron chi connectivity index (χ2n) is 4.56. The third kappa shape index (κ3) is 3.55. The number of nitrogens with one attached hydrogen (secondary N) is 1. The summed E-state index contributed by atoms with van der Waals surface area (Å²) in [5.74, 6) is -0.653. The summed E-state index contributed by atoms with van der Waals surface area (Å²) in [4.78, 5) is 29.1. The highest BCUT2D eigenvalue weighted by Crippen LogP contribution is 2.13. The number of nitrogens with zero attached hydrogens (tertiary/aromatic N) is 1. The highest BCUT2D eigenvalue weighted by Gasteiger charge is 2.32. The van der Waals surface area contributed by atoms with E-state index in [-0.39, 0.29) is 12.5 Å². The van der Waals surface area contributed by atoms with E-state index in [0.717, 1.165) is 0 Å². The average molecular weight is 278 g/mol. The average Bonchev–Trinajstić information content (AvgIpc) is 2.47. The number of carbonyl (C=O) groups excluding carboxylic acids is 2. The van der Waals surface area contributed by atoms with Crippen molar-refractivity contribution in [3.63, 3.8) is 0 Å². The first-order valence-electron chi connectivity index (χ1n) is 6.65. The molecule has 1 aromatic rings. The Kier molecular flexibility index (Phi) is 5.09. The maximum atomic E-state index is 12.0. The normalized spacial score (nSPS) is 19.4. The predicted molar refractivity (Wildman–Crippen MR) is 71.7 cm³/mol. The molecule has 1 saturated heterocycles. The molecule has 2 N–H and O–H groups in total. The van der Waals surface area contributed by atoms with Crippen LogP contribution in [0, 0.1) is 0 Å². The molecule has 1 aliphatic rings. The molecular formula is C14H18N2O4. The standard InChI is InChI=1S/C14H18N2O4/c17-10-4-7-12-13(18)15-8-9-16(12)20-14(19)11-5-2-1-3-6-11/h1-3,5-6,12,17H,4,7-10H2,(H,15,18). The van der Waals surface area contributed by atoms with Crippen molar-refractivity contribution in [3.05, 3.63) is 35.9 Å². The van der Waals surface area contributed by atoms with E-state index >= 15 is 0 Å². The Hall–Kier alpha value is -1.92. The van der Waals surface area contributed by atoms with Gasteiger partial charge in [-0.3, -0.25) is 4.79 Å². The van der Waals surface area contributed by atoms with Crippen molar-refractivity contribution in [2.45, 2.75) is 18.9 Å². The molecule has 0 aliphatic carbocycles. The highest BCUT2D eigenvalue weighted by molar-refractivity contribution is 5.89. The maximum absolute atomic E-state index is 12.0. The van der Waals surface area contributed by atoms with Crippen molar-refractivity contribution in [1.29, 1.82) is 0 Å². The zero-order valence-electron chi connectivity index (χ0n) is 11.1. The molecular weight excluding hydrogens is 260 g/mol. The Morgan fingerprint density at radius 1 is 1.40 bits per heavy atom. The zero-order valence-corrected chi connectivity index (χ0v) is 11.1. The molecule has 6 nitrogen and oxygen atoms in total. The molecule has 1 atom stereocenters. The van der Waals surface area contributed by atoms with E-state index in [0.29, 0.717) is 31.5 Å². The van der Waals surface area contributed by atoms with Crippen molar-refractivity contribution in [3.8, 4) is 0 Å². The van der Waals surface area contributed by atoms with Crippen LogP contribution in [0.3, 0.4) is 0 Å². The van der Waals surface area contributed by atoms with Crippen LogP contribution in [0.25, 0.3) is 0 Å². The van der Waals surface area contributed by atoms with Crippen molar-refractivity contribution >= 4 is 11.9 Å². The third-order valence-corrected chi connectivity index (χ3v) is 3.13. The number of aliphatic hydroxyl groups excluding tert-OH is 1. The fourth-order valence-corrected chi connectivity index (χ4v) is 2.10. The van der Waals surface area contributed by atoms with E-state index in [1.165, 1.54) is 5.06 Å². The Bertz CT molecular complexity index is 464. The number of carbonyl (C=O) groups is 2. The summed E-state index contributed by atoms with van der Waals surface area (Å²) >= 11 is 0. The molecule has 0 spiro atoms. The number of hydroxylamine groups is 2. The number of benzene rings is 1. The van der Waals surface area contributed by atoms with Crippen molar-refractivity contribution < 1.29 is 19.5 Å². The highest BCUT2D eigenvalue weighted by atomic mass is 16.7. The van der Waals surface area contributed by atoms with Crippen LogP contribution < -0.4 is 5.32 Å². The van der Waals surface area contributed by atoms with Crippen molar-refractivity contribution in [2.75, 3.05) is 19.7 Å². The van der Waals surface area contributed by atoms with Gasteiger partial charge in [-0.05, 0) is 25.0 Å². The van der Waals surface area contributed by atoms with E-state index in [2.05, 4.69) is 5.32 Å². The summed E-state index contributed by atoms with van der Waals surface area (Å²) in [6.45, 7) is 0.890. The van der Waals surface area contributed by atoms with E-state index in [1.807, 2.05) is 6.07 Å². The first kappa shape index (κ1) is 14.5. The second-order valence-corrected chi connectivity index (χ2v) is 4.56. The minimum absolute atomic E-state index is 0.00422. The largest absolute Gasteiger partial charge is 0.396 e. The van der Waals surface area contributed by atoms with Gasteiger partial charge >= 0.3 is 5.97 Å². The van der Waals surface area contributed by atoms with E-state index < -0.39 is 12.0 Å². The number of aliphatic hydroxyl groups is 1. The second kappa shape index (κ2) is 7.02. The molecule has 0 saturated carbocycles. The summed E-state index contributed by atoms with van der Waals surface area (Å²) in [6.07, 6.45) is 0.932. The van der Waals surface area contributed by atoms with Crippen LogP contribution in [-0.4, -0.2) is 47.8 Å². The molecule has 2 rings (SSSR count). The van der Waals surface area contributed by atoms with Crippen LogP contribution in [0.5, 0.6) is 0 Å². The lowest BCUT2D eigenvalue weighted by Crippen LogP contribution is -2.55. The fourth-order valence-electron chi connectivity index (χ4n) is 2.10. The van der Waals surface area contributed by atoms with Gasteiger partial charge in [-0.15, -0.1) is 5.06 Å². The Morgan fingerprint density at radius 2 is 2.15 bits per heavy atom. The number of amides is 1. The van der Waals surface area contributed by atoms with Crippen LogP contribution in [0.1, 0.15) is 23.2 Å². The first-order chi connectivity index (χ1) is 9.72. The molecule has 20 heavy (non-hydrogen) atoms. The molecule has 0 aromatic heterocycles. The Labute approximate surface area is 117 Å². The Morgan fingerprint density at radius 3 is 2.85 bits per heavy atom. The molecule has 1 amide bonds. The van der Waals surface area contributed by atoms with E-state index in [9.17, 15) is 9.59 Å². The molecule has 6 heteroatoms. The molecule has 0 radical (unpaired) electrons. The third-order valence-electron chi connectivity index (χ3n) is 3.13. The summed E-state index contributed by atoms with van der Waals surface area (Å²) in [5, 5.41) is 13.0. The van der Waals surface area contributed by atoms with E-state index in [1.54, 1.807) is 24.3 Å². The van der Waals surface area contributed by atoms with E-state index in [4.69, 9.17) is 9.94 Å². The monoisotopic (exact) mass is 278 g/mol. The summed E-state index contributed by atoms with van der Waals surface area (Å²) in [6, 6.07) is 8.11. The SMILES string of the molecule is O=C(ON1CCNC(=O)C1CCCO)c1ccccc1. The van der Waals surface area contributed by atoms with Crippen LogP contribution in [0.15, 0.2) is 30.3 Å². The van der Waals surface area contributed by atoms with Gasteiger partial charge in [-0.2, -0.15) is 0 Å². The van der Waals surface area contributed by atoms with Gasteiger partial charge in [0.25, 0.3) is 0 Å². The lowest BCUT2D eigenvalue weighted by atomic mass is 10.1. The number of piperazine rings is 1. The zero-order chi connectivity index (χ0) is 14.4. The quantitative estimate of drug-likeness (QED) is 0.811. The fraction of sp³-hybridized carbons (Fsp3) is 0.429. The smallest absolute Gasteiger partial charge is 0.357 e. The minimum atomic E-state index is -0.538. The molecule has 0 bridgehead atoms. The topological polar surface area (TPSA) is 78.9 Å². The van der Waals surface area contributed by atoms with Gasteiger partial charge in [-0.1, -0.05) is 18.2 Å². The van der Waals surface area contributed by atoms with Crippen LogP contribution in [0.2, 0.25) is 0 Å². The van der Waals surface area contributed by atoms with Gasteiger partial charge in [0, 0.05) is 13.2 Å². The van der Waals surface area contributed by atoms with Gasteiger partial charge in [0.1, 0.15) is 6.04 Å². The predicted octanol–water partition coefficient (Wildman–Crippen LogP) is 0.331. The van der Waals surface area contributed by atoms with Gasteiger partial charge in [-0.25, -0.2) is 4.79 Å². The first-order valence-corrected chi connectivity index (χ1v) is 6.65. The van der Waals surface area contributed by atoms with Crippen LogP contribution >= 0.6 is 0 Å². The lowest BCUT2D eigenvalue weighted by molar-refractivity contribution is -0.167. The van der Waals surface area contributed by atoms with Gasteiger partial charge in [0.05, 0.1) is 12.1 Å². The summed E-state index contributed by atoms with van der Waals surface area (Å²) in [5.41, 5.74) is 0.444. The molecule has 108 valence electrons.